The zero-order chi connectivity index (χ0) is 11.7. The van der Waals surface area contributed by atoms with E-state index in [0.29, 0.717) is 5.82 Å². The Morgan fingerprint density at radius 3 is 2.76 bits per heavy atom. The van der Waals surface area contributed by atoms with Crippen LogP contribution in [0.5, 0.6) is 0 Å². The van der Waals surface area contributed by atoms with E-state index in [9.17, 15) is 0 Å². The SMILES string of the molecule is Nc1cc(-c2ccc3ncccc3c2)ncn1. The number of nitrogen functional groups attached to an aromatic ring is 1. The number of hydrogen-bond acceptors (Lipinski definition) is 4. The second-order valence-electron chi connectivity index (χ2n) is 3.74. The Bertz CT molecular complexity index is 679. The van der Waals surface area contributed by atoms with Crippen LogP contribution in [0, 0.1) is 0 Å². The van der Waals surface area contributed by atoms with Crippen LogP contribution in [-0.4, -0.2) is 15.0 Å². The summed E-state index contributed by atoms with van der Waals surface area (Å²) in [7, 11) is 0. The maximum atomic E-state index is 5.65. The van der Waals surface area contributed by atoms with Crippen LogP contribution < -0.4 is 5.73 Å². The van der Waals surface area contributed by atoms with E-state index in [0.717, 1.165) is 22.2 Å². The topological polar surface area (TPSA) is 64.7 Å². The lowest BCUT2D eigenvalue weighted by atomic mass is 10.1. The monoisotopic (exact) mass is 222 g/mol. The summed E-state index contributed by atoms with van der Waals surface area (Å²) in [5, 5.41) is 1.09. The summed E-state index contributed by atoms with van der Waals surface area (Å²) in [5.74, 6) is 0.473. The van der Waals surface area contributed by atoms with Crippen molar-refractivity contribution in [3.05, 3.63) is 48.9 Å². The van der Waals surface area contributed by atoms with Crippen LogP contribution >= 0.6 is 0 Å². The van der Waals surface area contributed by atoms with Crippen molar-refractivity contribution >= 4 is 16.7 Å². The number of aromatic nitrogens is 3. The average Bonchev–Trinajstić information content (AvgIpc) is 2.38. The predicted molar refractivity (Wildman–Crippen MR) is 67.2 cm³/mol. The summed E-state index contributed by atoms with van der Waals surface area (Å²) in [4.78, 5) is 12.4. The largest absolute Gasteiger partial charge is 0.384 e. The molecule has 0 atom stereocenters. The minimum Gasteiger partial charge on any atom is -0.384 e. The van der Waals surface area contributed by atoms with Gasteiger partial charge in [-0.05, 0) is 18.2 Å². The fourth-order valence-corrected chi connectivity index (χ4v) is 1.77. The summed E-state index contributed by atoms with van der Waals surface area (Å²) in [5.41, 5.74) is 8.45. The second kappa shape index (κ2) is 3.83. The van der Waals surface area contributed by atoms with Crippen LogP contribution in [-0.2, 0) is 0 Å². The van der Waals surface area contributed by atoms with Gasteiger partial charge in [0.05, 0.1) is 11.2 Å². The number of nitrogens with two attached hydrogens (primary N) is 1. The number of nitrogens with zero attached hydrogens (tertiary/aromatic N) is 3. The highest BCUT2D eigenvalue weighted by Gasteiger charge is 2.02. The highest BCUT2D eigenvalue weighted by Crippen LogP contribution is 2.22. The number of fused-ring (bicyclic) bond motifs is 1. The molecule has 0 aliphatic heterocycles. The molecule has 2 heterocycles. The zero-order valence-corrected chi connectivity index (χ0v) is 9.04. The maximum absolute atomic E-state index is 5.65. The fourth-order valence-electron chi connectivity index (χ4n) is 1.77. The van der Waals surface area contributed by atoms with E-state index in [2.05, 4.69) is 15.0 Å². The average molecular weight is 222 g/mol. The quantitative estimate of drug-likeness (QED) is 0.686. The van der Waals surface area contributed by atoms with E-state index in [1.807, 2.05) is 30.3 Å². The first-order chi connectivity index (χ1) is 8.33. The van der Waals surface area contributed by atoms with Crippen LogP contribution in [0.1, 0.15) is 0 Å². The van der Waals surface area contributed by atoms with Crippen LogP contribution in [0.15, 0.2) is 48.9 Å². The van der Waals surface area contributed by atoms with Crippen molar-refractivity contribution in [3.8, 4) is 11.3 Å². The van der Waals surface area contributed by atoms with Crippen molar-refractivity contribution in [1.29, 1.82) is 0 Å². The molecule has 0 saturated heterocycles. The molecule has 3 rings (SSSR count). The Balaban J connectivity index is 2.18. The number of pyridine rings is 1. The van der Waals surface area contributed by atoms with Crippen molar-refractivity contribution < 1.29 is 0 Å². The van der Waals surface area contributed by atoms with Gasteiger partial charge in [0.15, 0.2) is 0 Å². The molecular weight excluding hydrogens is 212 g/mol. The van der Waals surface area contributed by atoms with Gasteiger partial charge in [0.2, 0.25) is 0 Å². The Kier molecular flexibility index (Phi) is 2.19. The molecule has 1 aromatic carbocycles. The second-order valence-corrected chi connectivity index (χ2v) is 3.74. The first-order valence-electron chi connectivity index (χ1n) is 5.25. The van der Waals surface area contributed by atoms with Gasteiger partial charge >= 0.3 is 0 Å². The Hall–Kier alpha value is -2.49. The summed E-state index contributed by atoms with van der Waals surface area (Å²) in [6.45, 7) is 0. The molecule has 0 fully saturated rings. The van der Waals surface area contributed by atoms with Crippen LogP contribution in [0.3, 0.4) is 0 Å². The van der Waals surface area contributed by atoms with Crippen LogP contribution in [0.25, 0.3) is 22.2 Å². The van der Waals surface area contributed by atoms with E-state index in [1.54, 1.807) is 12.3 Å². The molecule has 0 unspecified atom stereocenters. The van der Waals surface area contributed by atoms with E-state index in [4.69, 9.17) is 5.73 Å². The van der Waals surface area contributed by atoms with Crippen LogP contribution in [0.4, 0.5) is 5.82 Å². The highest BCUT2D eigenvalue weighted by atomic mass is 14.9. The van der Waals surface area contributed by atoms with Gasteiger partial charge in [-0.3, -0.25) is 4.98 Å². The lowest BCUT2D eigenvalue weighted by molar-refractivity contribution is 1.18. The van der Waals surface area contributed by atoms with Gasteiger partial charge in [-0.2, -0.15) is 0 Å². The van der Waals surface area contributed by atoms with E-state index >= 15 is 0 Å². The first kappa shape index (κ1) is 9.72. The molecule has 0 aliphatic carbocycles. The van der Waals surface area contributed by atoms with Crippen molar-refractivity contribution in [2.75, 3.05) is 5.73 Å². The smallest absolute Gasteiger partial charge is 0.127 e. The summed E-state index contributed by atoms with van der Waals surface area (Å²) < 4.78 is 0. The molecule has 0 radical (unpaired) electrons. The summed E-state index contributed by atoms with van der Waals surface area (Å²) >= 11 is 0. The molecule has 2 N–H and O–H groups in total. The number of rotatable bonds is 1. The molecule has 0 saturated carbocycles. The van der Waals surface area contributed by atoms with Crippen molar-refractivity contribution in [2.45, 2.75) is 0 Å². The van der Waals surface area contributed by atoms with Crippen molar-refractivity contribution in [3.63, 3.8) is 0 Å². The molecule has 0 spiro atoms. The normalized spacial score (nSPS) is 10.6. The minimum absolute atomic E-state index is 0.473. The van der Waals surface area contributed by atoms with Gasteiger partial charge in [0, 0.05) is 23.2 Å². The third-order valence-corrected chi connectivity index (χ3v) is 2.59. The van der Waals surface area contributed by atoms with E-state index in [1.165, 1.54) is 6.33 Å². The van der Waals surface area contributed by atoms with E-state index < -0.39 is 0 Å². The van der Waals surface area contributed by atoms with Gasteiger partial charge in [-0.15, -0.1) is 0 Å². The highest BCUT2D eigenvalue weighted by molar-refractivity contribution is 5.83. The Labute approximate surface area is 98.2 Å². The van der Waals surface area contributed by atoms with Crippen molar-refractivity contribution in [1.82, 2.24) is 15.0 Å². The summed E-state index contributed by atoms with van der Waals surface area (Å²) in [6.07, 6.45) is 3.25. The molecule has 4 nitrogen and oxygen atoms in total. The lowest BCUT2D eigenvalue weighted by Crippen LogP contribution is -1.92. The molecule has 82 valence electrons. The molecule has 0 aliphatic rings. The van der Waals surface area contributed by atoms with E-state index in [-0.39, 0.29) is 0 Å². The van der Waals surface area contributed by atoms with Gasteiger partial charge in [0.1, 0.15) is 12.1 Å². The van der Waals surface area contributed by atoms with Gasteiger partial charge in [-0.25, -0.2) is 9.97 Å². The first-order valence-corrected chi connectivity index (χ1v) is 5.25. The standard InChI is InChI=1S/C13H10N4/c14-13-7-12(16-8-17-13)10-3-4-11-9(6-10)2-1-5-15-11/h1-8H,(H2,14,16,17). The van der Waals surface area contributed by atoms with Crippen LogP contribution in [0.2, 0.25) is 0 Å². The number of anilines is 1. The Morgan fingerprint density at radius 2 is 1.88 bits per heavy atom. The van der Waals surface area contributed by atoms with Gasteiger partial charge in [0.25, 0.3) is 0 Å². The zero-order valence-electron chi connectivity index (χ0n) is 9.04. The van der Waals surface area contributed by atoms with Crippen molar-refractivity contribution in [2.24, 2.45) is 0 Å². The molecular formula is C13H10N4. The number of hydrogen-bond donors (Lipinski definition) is 1. The molecule has 0 amide bonds. The lowest BCUT2D eigenvalue weighted by Gasteiger charge is -2.03. The van der Waals surface area contributed by atoms with Gasteiger partial charge in [-0.1, -0.05) is 12.1 Å². The predicted octanol–water partition coefficient (Wildman–Crippen LogP) is 2.27. The number of benzene rings is 1. The van der Waals surface area contributed by atoms with Gasteiger partial charge < -0.3 is 5.73 Å². The maximum Gasteiger partial charge on any atom is 0.127 e. The molecule has 0 bridgehead atoms. The molecule has 4 heteroatoms. The molecule has 2 aromatic heterocycles. The molecule has 3 aromatic rings. The Morgan fingerprint density at radius 1 is 0.941 bits per heavy atom. The fraction of sp³-hybridized carbons (Fsp3) is 0. The summed E-state index contributed by atoms with van der Waals surface area (Å²) in [6, 6.07) is 11.7. The molecule has 17 heavy (non-hydrogen) atoms. The minimum atomic E-state index is 0.473. The third-order valence-electron chi connectivity index (χ3n) is 2.59. The third kappa shape index (κ3) is 1.80.